The summed E-state index contributed by atoms with van der Waals surface area (Å²) in [5.41, 5.74) is 3.47. The summed E-state index contributed by atoms with van der Waals surface area (Å²) < 4.78 is 6.05. The third kappa shape index (κ3) is 4.02. The van der Waals surface area contributed by atoms with Crippen LogP contribution >= 0.6 is 46.1 Å². The molecule has 1 N–H and O–H groups in total. The van der Waals surface area contributed by atoms with Crippen LogP contribution in [0.15, 0.2) is 48.5 Å². The maximum Gasteiger partial charge on any atom is 0.267 e. The predicted molar refractivity (Wildman–Crippen MR) is 135 cm³/mol. The van der Waals surface area contributed by atoms with E-state index in [4.69, 9.17) is 39.5 Å². The number of ether oxygens (including phenoxy) is 1. The number of hydrogen-bond acceptors (Lipinski definition) is 5. The highest BCUT2D eigenvalue weighted by molar-refractivity contribution is 7.21. The maximum atomic E-state index is 13.0. The largest absolute Gasteiger partial charge is 0.495 e. The van der Waals surface area contributed by atoms with E-state index in [1.807, 2.05) is 25.1 Å². The van der Waals surface area contributed by atoms with E-state index in [0.29, 0.717) is 48.1 Å². The third-order valence-electron chi connectivity index (χ3n) is 5.14. The van der Waals surface area contributed by atoms with Gasteiger partial charge in [0.25, 0.3) is 5.91 Å². The van der Waals surface area contributed by atoms with E-state index in [-0.39, 0.29) is 5.91 Å². The van der Waals surface area contributed by atoms with E-state index in [0.717, 1.165) is 15.6 Å². The van der Waals surface area contributed by atoms with E-state index in [2.05, 4.69) is 15.5 Å². The molecule has 0 spiro atoms. The molecule has 5 rings (SSSR count). The monoisotopic (exact) mass is 516 g/mol. The Morgan fingerprint density at radius 2 is 1.79 bits per heavy atom. The summed E-state index contributed by atoms with van der Waals surface area (Å²) in [5, 5.41) is 14.3. The third-order valence-corrected chi connectivity index (χ3v) is 7.33. The van der Waals surface area contributed by atoms with Crippen LogP contribution in [0.4, 0.5) is 5.69 Å². The number of methoxy groups -OCH3 is 1. The van der Waals surface area contributed by atoms with Crippen LogP contribution in [-0.4, -0.2) is 28.0 Å². The molecule has 2 aromatic heterocycles. The molecular weight excluding hydrogens is 503 g/mol. The number of halogens is 3. The Hall–Kier alpha value is -2.84. The van der Waals surface area contributed by atoms with Crippen LogP contribution in [0, 0.1) is 6.92 Å². The van der Waals surface area contributed by atoms with Gasteiger partial charge in [-0.05, 0) is 55.0 Å². The molecule has 3 aromatic carbocycles. The van der Waals surface area contributed by atoms with Crippen LogP contribution < -0.4 is 10.1 Å². The van der Waals surface area contributed by atoms with Gasteiger partial charge in [0.2, 0.25) is 0 Å². The van der Waals surface area contributed by atoms with Gasteiger partial charge in [0.15, 0.2) is 0 Å². The van der Waals surface area contributed by atoms with Crippen molar-refractivity contribution in [3.63, 3.8) is 0 Å². The Morgan fingerprint density at radius 1 is 1.03 bits per heavy atom. The second-order valence-electron chi connectivity index (χ2n) is 7.30. The van der Waals surface area contributed by atoms with Gasteiger partial charge in [-0.1, -0.05) is 40.9 Å². The zero-order chi connectivity index (χ0) is 23.3. The zero-order valence-electron chi connectivity index (χ0n) is 17.3. The summed E-state index contributed by atoms with van der Waals surface area (Å²) >= 11 is 20.1. The lowest BCUT2D eigenvalue weighted by Crippen LogP contribution is -2.11. The molecule has 0 bridgehead atoms. The number of aromatic nitrogens is 3. The van der Waals surface area contributed by atoms with Crippen molar-refractivity contribution in [2.24, 2.45) is 0 Å². The molecule has 0 fully saturated rings. The van der Waals surface area contributed by atoms with E-state index in [1.54, 1.807) is 37.4 Å². The highest BCUT2D eigenvalue weighted by Gasteiger charge is 2.19. The van der Waals surface area contributed by atoms with E-state index >= 15 is 0 Å². The summed E-state index contributed by atoms with van der Waals surface area (Å²) in [5.74, 6) is 0.272. The number of rotatable bonds is 4. The number of anilines is 1. The Morgan fingerprint density at radius 3 is 2.52 bits per heavy atom. The van der Waals surface area contributed by atoms with Gasteiger partial charge in [-0.25, -0.2) is 0 Å². The summed E-state index contributed by atoms with van der Waals surface area (Å²) in [4.78, 5) is 14.9. The minimum absolute atomic E-state index is 0.297. The molecule has 33 heavy (non-hydrogen) atoms. The van der Waals surface area contributed by atoms with E-state index in [9.17, 15) is 4.79 Å². The van der Waals surface area contributed by atoms with Crippen molar-refractivity contribution in [1.82, 2.24) is 15.0 Å². The summed E-state index contributed by atoms with van der Waals surface area (Å²) in [6.07, 6.45) is 0. The van der Waals surface area contributed by atoms with Crippen LogP contribution in [0.3, 0.4) is 0 Å². The summed E-state index contributed by atoms with van der Waals surface area (Å²) in [6, 6.07) is 14.3. The molecule has 166 valence electrons. The van der Waals surface area contributed by atoms with Crippen LogP contribution in [0.5, 0.6) is 5.75 Å². The van der Waals surface area contributed by atoms with Gasteiger partial charge in [0.1, 0.15) is 21.7 Å². The van der Waals surface area contributed by atoms with Crippen LogP contribution in [0.2, 0.25) is 15.1 Å². The number of benzene rings is 3. The summed E-state index contributed by atoms with van der Waals surface area (Å²) in [6.45, 7) is 1.89. The van der Waals surface area contributed by atoms with Gasteiger partial charge in [-0.2, -0.15) is 4.80 Å². The molecule has 5 aromatic rings. The first-order valence-corrected chi connectivity index (χ1v) is 11.7. The number of nitrogens with zero attached hydrogens (tertiary/aromatic N) is 3. The number of nitrogens with one attached hydrogen (secondary N) is 1. The molecule has 0 saturated heterocycles. The molecule has 0 saturated carbocycles. The van der Waals surface area contributed by atoms with Gasteiger partial charge < -0.3 is 10.1 Å². The molecule has 0 atom stereocenters. The lowest BCUT2D eigenvalue weighted by molar-refractivity contribution is 0.103. The number of hydrogen-bond donors (Lipinski definition) is 1. The quantitative estimate of drug-likeness (QED) is 0.274. The number of thiophene rings is 1. The van der Waals surface area contributed by atoms with Crippen molar-refractivity contribution >= 4 is 78.9 Å². The lowest BCUT2D eigenvalue weighted by Gasteiger charge is -2.07. The number of carbonyl (C=O) groups is 1. The molecule has 0 aliphatic rings. The molecule has 0 aliphatic carbocycles. The number of aryl methyl sites for hydroxylation is 1. The smallest absolute Gasteiger partial charge is 0.267 e. The van der Waals surface area contributed by atoms with Crippen molar-refractivity contribution < 1.29 is 9.53 Å². The van der Waals surface area contributed by atoms with Crippen molar-refractivity contribution in [3.05, 3.63) is 74.0 Å². The van der Waals surface area contributed by atoms with Gasteiger partial charge in [-0.15, -0.1) is 21.5 Å². The minimum Gasteiger partial charge on any atom is -0.495 e. The Bertz CT molecular complexity index is 1560. The van der Waals surface area contributed by atoms with E-state index < -0.39 is 0 Å². The maximum absolute atomic E-state index is 13.0. The molecule has 2 heterocycles. The standard InChI is InChI=1S/C23H15Cl3N4O2S/c1-11-7-17-18(29-30(28-17)13-4-6-19(32-2)15(25)9-13)10-16(11)27-23(31)22-21(26)14-5-3-12(24)8-20(14)33-22/h3-10H,1-2H3,(H,27,31). The highest BCUT2D eigenvalue weighted by Crippen LogP contribution is 2.37. The number of carbonyl (C=O) groups excluding carboxylic acids is 1. The first kappa shape index (κ1) is 22.0. The minimum atomic E-state index is -0.297. The fourth-order valence-corrected chi connectivity index (χ4v) is 5.40. The number of amides is 1. The zero-order valence-corrected chi connectivity index (χ0v) is 20.4. The number of fused-ring (bicyclic) bond motifs is 2. The topological polar surface area (TPSA) is 69.0 Å². The molecular formula is C23H15Cl3N4O2S. The second kappa shape index (κ2) is 8.50. The molecule has 0 aliphatic heterocycles. The highest BCUT2D eigenvalue weighted by atomic mass is 35.5. The van der Waals surface area contributed by atoms with Gasteiger partial charge in [0, 0.05) is 20.8 Å². The average molecular weight is 518 g/mol. The Labute approximate surface area is 207 Å². The second-order valence-corrected chi connectivity index (χ2v) is 9.58. The van der Waals surface area contributed by atoms with Crippen molar-refractivity contribution in [3.8, 4) is 11.4 Å². The predicted octanol–water partition coefficient (Wildman–Crippen LogP) is 7.16. The molecule has 10 heteroatoms. The van der Waals surface area contributed by atoms with E-state index in [1.165, 1.54) is 16.1 Å². The van der Waals surface area contributed by atoms with Gasteiger partial charge in [-0.3, -0.25) is 4.79 Å². The molecule has 1 amide bonds. The Balaban J connectivity index is 1.48. The van der Waals surface area contributed by atoms with Crippen molar-refractivity contribution in [2.75, 3.05) is 12.4 Å². The molecule has 0 radical (unpaired) electrons. The van der Waals surface area contributed by atoms with Gasteiger partial charge >= 0.3 is 0 Å². The molecule has 6 nitrogen and oxygen atoms in total. The lowest BCUT2D eigenvalue weighted by atomic mass is 10.1. The Kier molecular flexibility index (Phi) is 5.66. The van der Waals surface area contributed by atoms with Crippen LogP contribution in [-0.2, 0) is 0 Å². The average Bonchev–Trinajstić information content (AvgIpc) is 3.34. The van der Waals surface area contributed by atoms with Gasteiger partial charge in [0.05, 0.1) is 22.8 Å². The first-order valence-electron chi connectivity index (χ1n) is 9.74. The summed E-state index contributed by atoms with van der Waals surface area (Å²) in [7, 11) is 1.56. The molecule has 0 unspecified atom stereocenters. The fraction of sp³-hybridized carbons (Fsp3) is 0.0870. The first-order chi connectivity index (χ1) is 15.8. The SMILES string of the molecule is COc1ccc(-n2nc3cc(C)c(NC(=O)c4sc5cc(Cl)ccc5c4Cl)cc3n2)cc1Cl. The fourth-order valence-electron chi connectivity index (χ4n) is 3.46. The normalized spacial score (nSPS) is 11.3. The van der Waals surface area contributed by atoms with Crippen molar-refractivity contribution in [1.29, 1.82) is 0 Å². The van der Waals surface area contributed by atoms with Crippen LogP contribution in [0.25, 0.3) is 26.8 Å². The van der Waals surface area contributed by atoms with Crippen LogP contribution in [0.1, 0.15) is 15.2 Å². The van der Waals surface area contributed by atoms with Crippen molar-refractivity contribution in [2.45, 2.75) is 6.92 Å².